The van der Waals surface area contributed by atoms with Crippen molar-refractivity contribution in [1.29, 1.82) is 0 Å². The van der Waals surface area contributed by atoms with Gasteiger partial charge in [-0.2, -0.15) is 0 Å². The number of nitrogens with zero attached hydrogens (tertiary/aromatic N) is 1. The smallest absolute Gasteiger partial charge is 0.315 e. The van der Waals surface area contributed by atoms with Crippen molar-refractivity contribution in [2.75, 3.05) is 6.79 Å². The Bertz CT molecular complexity index is 630. The number of hydrogen-bond acceptors (Lipinski definition) is 5. The van der Waals surface area contributed by atoms with Crippen LogP contribution in [0.3, 0.4) is 0 Å². The third-order valence-electron chi connectivity index (χ3n) is 3.06. The van der Waals surface area contributed by atoms with E-state index < -0.39 is 0 Å². The second-order valence-corrected chi connectivity index (χ2v) is 5.53. The van der Waals surface area contributed by atoms with Crippen molar-refractivity contribution in [3.8, 4) is 11.5 Å². The summed E-state index contributed by atoms with van der Waals surface area (Å²) in [5.41, 5.74) is 0.955. The summed E-state index contributed by atoms with van der Waals surface area (Å²) in [7, 11) is 0. The van der Waals surface area contributed by atoms with Crippen LogP contribution in [0.1, 0.15) is 23.5 Å². The number of thiazole rings is 1. The number of aromatic nitrogens is 1. The number of hydrogen-bond donors (Lipinski definition) is 2. The van der Waals surface area contributed by atoms with Gasteiger partial charge in [0.25, 0.3) is 0 Å². The Labute approximate surface area is 126 Å². The Kier molecular flexibility index (Phi) is 3.92. The molecule has 0 spiro atoms. The third-order valence-corrected chi connectivity index (χ3v) is 4.02. The first-order valence-corrected chi connectivity index (χ1v) is 7.42. The van der Waals surface area contributed by atoms with E-state index in [0.717, 1.165) is 16.3 Å². The van der Waals surface area contributed by atoms with Crippen molar-refractivity contribution in [3.63, 3.8) is 0 Å². The van der Waals surface area contributed by atoms with Crippen molar-refractivity contribution in [2.24, 2.45) is 0 Å². The Morgan fingerprint density at radius 2 is 2.29 bits per heavy atom. The van der Waals surface area contributed by atoms with Crippen LogP contribution in [0.2, 0.25) is 0 Å². The molecule has 2 heterocycles. The van der Waals surface area contributed by atoms with Gasteiger partial charge in [-0.25, -0.2) is 9.78 Å². The average molecular weight is 305 g/mol. The highest BCUT2D eigenvalue weighted by Gasteiger charge is 2.14. The lowest BCUT2D eigenvalue weighted by Gasteiger charge is -2.12. The molecule has 2 N–H and O–H groups in total. The van der Waals surface area contributed by atoms with Gasteiger partial charge in [-0.3, -0.25) is 0 Å². The Morgan fingerprint density at radius 1 is 1.43 bits per heavy atom. The van der Waals surface area contributed by atoms with E-state index in [1.54, 1.807) is 6.20 Å². The summed E-state index contributed by atoms with van der Waals surface area (Å²) in [5, 5.41) is 8.43. The number of urea groups is 1. The summed E-state index contributed by atoms with van der Waals surface area (Å²) in [6.07, 6.45) is 1.72. The van der Waals surface area contributed by atoms with E-state index in [4.69, 9.17) is 9.47 Å². The molecule has 1 unspecified atom stereocenters. The summed E-state index contributed by atoms with van der Waals surface area (Å²) in [4.78, 5) is 16.0. The van der Waals surface area contributed by atoms with E-state index in [1.807, 2.05) is 30.5 Å². The Balaban J connectivity index is 1.52. The SMILES string of the molecule is CC(NC(=O)NCc1ccc2c(c1)OCO2)c1nccs1. The largest absolute Gasteiger partial charge is 0.454 e. The molecule has 1 aromatic heterocycles. The lowest BCUT2D eigenvalue weighted by molar-refractivity contribution is 0.174. The van der Waals surface area contributed by atoms with Gasteiger partial charge in [0.2, 0.25) is 6.79 Å². The van der Waals surface area contributed by atoms with Gasteiger partial charge < -0.3 is 20.1 Å². The van der Waals surface area contributed by atoms with Gasteiger partial charge in [0.15, 0.2) is 11.5 Å². The molecule has 0 radical (unpaired) electrons. The van der Waals surface area contributed by atoms with E-state index in [2.05, 4.69) is 15.6 Å². The van der Waals surface area contributed by atoms with Gasteiger partial charge in [-0.15, -0.1) is 11.3 Å². The van der Waals surface area contributed by atoms with E-state index in [0.29, 0.717) is 12.3 Å². The molecule has 3 rings (SSSR count). The third kappa shape index (κ3) is 3.25. The minimum Gasteiger partial charge on any atom is -0.454 e. The molecule has 110 valence electrons. The highest BCUT2D eigenvalue weighted by Crippen LogP contribution is 2.32. The molecule has 1 atom stereocenters. The molecule has 0 aliphatic carbocycles. The monoisotopic (exact) mass is 305 g/mol. The zero-order chi connectivity index (χ0) is 14.7. The maximum atomic E-state index is 11.9. The molecular formula is C14H15N3O3S. The average Bonchev–Trinajstić information content (AvgIpc) is 3.15. The molecule has 2 aromatic rings. The van der Waals surface area contributed by atoms with Crippen LogP contribution in [0.25, 0.3) is 0 Å². The minimum absolute atomic E-state index is 0.109. The molecule has 2 amide bonds. The topological polar surface area (TPSA) is 72.5 Å². The number of amides is 2. The maximum absolute atomic E-state index is 11.9. The minimum atomic E-state index is -0.227. The fourth-order valence-electron chi connectivity index (χ4n) is 1.99. The van der Waals surface area contributed by atoms with Gasteiger partial charge in [0.05, 0.1) is 6.04 Å². The number of benzene rings is 1. The molecule has 1 aliphatic heterocycles. The number of nitrogens with one attached hydrogen (secondary N) is 2. The van der Waals surface area contributed by atoms with E-state index in [1.165, 1.54) is 11.3 Å². The van der Waals surface area contributed by atoms with Crippen LogP contribution in [-0.4, -0.2) is 17.8 Å². The standard InChI is InChI=1S/C14H15N3O3S/c1-9(13-15-4-5-21-13)17-14(18)16-7-10-2-3-11-12(6-10)20-8-19-11/h2-6,9H,7-8H2,1H3,(H2,16,17,18). The van der Waals surface area contributed by atoms with Crippen molar-refractivity contribution < 1.29 is 14.3 Å². The summed E-state index contributed by atoms with van der Waals surface area (Å²) in [6, 6.07) is 5.28. The summed E-state index contributed by atoms with van der Waals surface area (Å²) >= 11 is 1.52. The molecule has 7 heteroatoms. The number of ether oxygens (including phenoxy) is 2. The molecule has 0 fully saturated rings. The van der Waals surface area contributed by atoms with E-state index in [9.17, 15) is 4.79 Å². The molecule has 0 saturated carbocycles. The zero-order valence-corrected chi connectivity index (χ0v) is 12.3. The van der Waals surface area contributed by atoms with Crippen molar-refractivity contribution in [1.82, 2.24) is 15.6 Å². The predicted molar refractivity (Wildman–Crippen MR) is 78.5 cm³/mol. The number of carbonyl (C=O) groups is 1. The van der Waals surface area contributed by atoms with Gasteiger partial charge in [-0.05, 0) is 24.6 Å². The Morgan fingerprint density at radius 3 is 3.10 bits per heavy atom. The second kappa shape index (κ2) is 6.01. The molecule has 1 aliphatic rings. The fourth-order valence-corrected chi connectivity index (χ4v) is 2.64. The van der Waals surface area contributed by atoms with Crippen LogP contribution >= 0.6 is 11.3 Å². The molecular weight excluding hydrogens is 290 g/mol. The molecule has 0 bridgehead atoms. The van der Waals surface area contributed by atoms with Crippen LogP contribution in [-0.2, 0) is 6.54 Å². The maximum Gasteiger partial charge on any atom is 0.315 e. The van der Waals surface area contributed by atoms with Crippen LogP contribution in [0, 0.1) is 0 Å². The lowest BCUT2D eigenvalue weighted by atomic mass is 10.2. The van der Waals surface area contributed by atoms with Gasteiger partial charge in [0, 0.05) is 18.1 Å². The van der Waals surface area contributed by atoms with Crippen molar-refractivity contribution in [2.45, 2.75) is 19.5 Å². The van der Waals surface area contributed by atoms with Crippen LogP contribution in [0.4, 0.5) is 4.79 Å². The highest BCUT2D eigenvalue weighted by atomic mass is 32.1. The van der Waals surface area contributed by atoms with Crippen molar-refractivity contribution >= 4 is 17.4 Å². The first-order chi connectivity index (χ1) is 10.2. The van der Waals surface area contributed by atoms with Crippen LogP contribution in [0.15, 0.2) is 29.8 Å². The quantitative estimate of drug-likeness (QED) is 0.910. The first-order valence-electron chi connectivity index (χ1n) is 6.54. The van der Waals surface area contributed by atoms with Gasteiger partial charge >= 0.3 is 6.03 Å². The molecule has 0 saturated heterocycles. The summed E-state index contributed by atoms with van der Waals surface area (Å²) < 4.78 is 10.5. The predicted octanol–water partition coefficient (Wildman–Crippen LogP) is 2.43. The van der Waals surface area contributed by atoms with Crippen LogP contribution < -0.4 is 20.1 Å². The molecule has 6 nitrogen and oxygen atoms in total. The first kappa shape index (κ1) is 13.7. The number of rotatable bonds is 4. The van der Waals surface area contributed by atoms with Gasteiger partial charge in [-0.1, -0.05) is 6.07 Å². The van der Waals surface area contributed by atoms with Crippen molar-refractivity contribution in [3.05, 3.63) is 40.3 Å². The Hall–Kier alpha value is -2.28. The van der Waals surface area contributed by atoms with E-state index in [-0.39, 0.29) is 18.9 Å². The fraction of sp³-hybridized carbons (Fsp3) is 0.286. The lowest BCUT2D eigenvalue weighted by Crippen LogP contribution is -2.36. The molecule has 21 heavy (non-hydrogen) atoms. The van der Waals surface area contributed by atoms with Crippen LogP contribution in [0.5, 0.6) is 11.5 Å². The number of fused-ring (bicyclic) bond motifs is 1. The normalized spacial score (nSPS) is 13.8. The second-order valence-electron chi connectivity index (χ2n) is 4.61. The zero-order valence-electron chi connectivity index (χ0n) is 11.5. The van der Waals surface area contributed by atoms with E-state index >= 15 is 0 Å². The summed E-state index contributed by atoms with van der Waals surface area (Å²) in [5.74, 6) is 1.45. The van der Waals surface area contributed by atoms with Gasteiger partial charge in [0.1, 0.15) is 5.01 Å². The number of carbonyl (C=O) groups excluding carboxylic acids is 1. The molecule has 1 aromatic carbocycles. The highest BCUT2D eigenvalue weighted by molar-refractivity contribution is 7.09. The summed E-state index contributed by atoms with van der Waals surface area (Å²) in [6.45, 7) is 2.57.